The van der Waals surface area contributed by atoms with Crippen molar-refractivity contribution in [3.8, 4) is 11.1 Å². The van der Waals surface area contributed by atoms with Crippen LogP contribution in [0.4, 0.5) is 10.5 Å². The van der Waals surface area contributed by atoms with Gasteiger partial charge in [0.1, 0.15) is 16.4 Å². The summed E-state index contributed by atoms with van der Waals surface area (Å²) in [5.74, 6) is -0.414. The molecule has 40 heavy (non-hydrogen) atoms. The van der Waals surface area contributed by atoms with Gasteiger partial charge in [0.15, 0.2) is 0 Å². The summed E-state index contributed by atoms with van der Waals surface area (Å²) in [6.45, 7) is 7.80. The van der Waals surface area contributed by atoms with E-state index in [0.29, 0.717) is 41.2 Å². The van der Waals surface area contributed by atoms with E-state index in [9.17, 15) is 14.4 Å². The number of benzene rings is 1. The first-order valence-corrected chi connectivity index (χ1v) is 13.6. The van der Waals surface area contributed by atoms with Gasteiger partial charge in [0.25, 0.3) is 5.91 Å². The van der Waals surface area contributed by atoms with Gasteiger partial charge in [-0.05, 0) is 69.0 Å². The van der Waals surface area contributed by atoms with Crippen LogP contribution in [-0.4, -0.2) is 51.0 Å². The second-order valence-electron chi connectivity index (χ2n) is 10.6. The maximum Gasteiger partial charge on any atom is 0.410 e. The molecule has 1 atom stereocenters. The van der Waals surface area contributed by atoms with Crippen LogP contribution in [-0.2, 0) is 16.1 Å². The maximum absolute atomic E-state index is 13.0. The van der Waals surface area contributed by atoms with Gasteiger partial charge in [0.05, 0.1) is 11.6 Å². The van der Waals surface area contributed by atoms with Crippen LogP contribution < -0.4 is 10.6 Å². The van der Waals surface area contributed by atoms with E-state index in [-0.39, 0.29) is 35.2 Å². The molecular formula is C29H31Cl2N5O4. The van der Waals surface area contributed by atoms with Gasteiger partial charge in [0.2, 0.25) is 5.91 Å². The van der Waals surface area contributed by atoms with Crippen LogP contribution >= 0.6 is 23.2 Å². The van der Waals surface area contributed by atoms with Crippen molar-refractivity contribution in [1.29, 1.82) is 0 Å². The van der Waals surface area contributed by atoms with E-state index in [2.05, 4.69) is 20.6 Å². The number of ether oxygens (including phenoxy) is 1. The van der Waals surface area contributed by atoms with E-state index in [1.54, 1.807) is 62.3 Å². The quantitative estimate of drug-likeness (QED) is 0.328. The van der Waals surface area contributed by atoms with Crippen molar-refractivity contribution in [2.24, 2.45) is 0 Å². The summed E-state index contributed by atoms with van der Waals surface area (Å²) in [7, 11) is 0. The zero-order chi connectivity index (χ0) is 29.0. The van der Waals surface area contributed by atoms with E-state index < -0.39 is 11.7 Å². The van der Waals surface area contributed by atoms with E-state index in [1.165, 1.54) is 0 Å². The van der Waals surface area contributed by atoms with Crippen LogP contribution in [0.25, 0.3) is 11.1 Å². The topological polar surface area (TPSA) is 114 Å². The van der Waals surface area contributed by atoms with Gasteiger partial charge in [-0.2, -0.15) is 0 Å². The third-order valence-corrected chi connectivity index (χ3v) is 7.09. The molecule has 11 heteroatoms. The van der Waals surface area contributed by atoms with Gasteiger partial charge in [-0.15, -0.1) is 0 Å². The zero-order valence-corrected chi connectivity index (χ0v) is 24.3. The molecule has 1 aromatic carbocycles. The molecule has 0 aliphatic carbocycles. The highest BCUT2D eigenvalue weighted by molar-refractivity contribution is 6.43. The number of hydrogen-bond donors (Lipinski definition) is 2. The molecule has 3 aromatic rings. The number of carbonyl (C=O) groups excluding carboxylic acids is 3. The molecule has 0 radical (unpaired) electrons. The zero-order valence-electron chi connectivity index (χ0n) is 22.8. The van der Waals surface area contributed by atoms with Crippen molar-refractivity contribution < 1.29 is 19.1 Å². The van der Waals surface area contributed by atoms with Crippen molar-refractivity contribution in [2.75, 3.05) is 11.9 Å². The van der Waals surface area contributed by atoms with Gasteiger partial charge < -0.3 is 20.3 Å². The Hall–Kier alpha value is -3.69. The summed E-state index contributed by atoms with van der Waals surface area (Å²) < 4.78 is 5.57. The fraction of sp³-hybridized carbons (Fsp3) is 0.345. The van der Waals surface area contributed by atoms with Crippen LogP contribution in [0.5, 0.6) is 0 Å². The molecule has 0 saturated carbocycles. The van der Waals surface area contributed by atoms with Crippen LogP contribution in [0.3, 0.4) is 0 Å². The van der Waals surface area contributed by atoms with Gasteiger partial charge >= 0.3 is 6.09 Å². The molecule has 4 rings (SSSR count). The Labute approximate surface area is 243 Å². The van der Waals surface area contributed by atoms with E-state index in [1.807, 2.05) is 19.1 Å². The van der Waals surface area contributed by atoms with Crippen molar-refractivity contribution in [2.45, 2.75) is 58.7 Å². The number of hydrogen-bond acceptors (Lipinski definition) is 6. The minimum absolute atomic E-state index is 0.0281. The Morgan fingerprint density at radius 3 is 2.55 bits per heavy atom. The largest absolute Gasteiger partial charge is 0.444 e. The van der Waals surface area contributed by atoms with Crippen LogP contribution in [0, 0.1) is 6.92 Å². The van der Waals surface area contributed by atoms with Crippen molar-refractivity contribution in [3.05, 3.63) is 75.8 Å². The van der Waals surface area contributed by atoms with Crippen LogP contribution in [0.2, 0.25) is 10.2 Å². The molecule has 0 bridgehead atoms. The Kier molecular flexibility index (Phi) is 8.95. The molecule has 1 aliphatic heterocycles. The average Bonchev–Trinajstić information content (AvgIpc) is 3.30. The number of rotatable bonds is 7. The van der Waals surface area contributed by atoms with Gasteiger partial charge in [-0.1, -0.05) is 41.4 Å². The van der Waals surface area contributed by atoms with Gasteiger partial charge in [0, 0.05) is 42.7 Å². The molecule has 1 aliphatic rings. The number of aromatic nitrogens is 2. The summed E-state index contributed by atoms with van der Waals surface area (Å²) in [5.41, 5.74) is 3.20. The minimum Gasteiger partial charge on any atom is -0.444 e. The molecule has 0 spiro atoms. The highest BCUT2D eigenvalue weighted by Gasteiger charge is 2.28. The van der Waals surface area contributed by atoms with E-state index in [4.69, 9.17) is 27.9 Å². The third-order valence-electron chi connectivity index (χ3n) is 6.33. The first-order chi connectivity index (χ1) is 18.9. The van der Waals surface area contributed by atoms with E-state index in [0.717, 1.165) is 11.1 Å². The molecule has 1 saturated heterocycles. The van der Waals surface area contributed by atoms with Gasteiger partial charge in [-0.25, -0.2) is 9.78 Å². The lowest BCUT2D eigenvalue weighted by Gasteiger charge is -2.29. The number of halogens is 2. The summed E-state index contributed by atoms with van der Waals surface area (Å²) in [6, 6.07) is 10.5. The number of nitrogens with one attached hydrogen (secondary N) is 2. The normalized spacial score (nSPS) is 14.9. The highest BCUT2D eigenvalue weighted by atomic mass is 35.5. The second kappa shape index (κ2) is 12.2. The smallest absolute Gasteiger partial charge is 0.410 e. The molecular weight excluding hydrogens is 553 g/mol. The predicted molar refractivity (Wildman–Crippen MR) is 154 cm³/mol. The summed E-state index contributed by atoms with van der Waals surface area (Å²) in [5, 5.41) is 6.34. The van der Waals surface area contributed by atoms with Crippen LogP contribution in [0.15, 0.2) is 48.8 Å². The number of amides is 3. The molecule has 1 fully saturated rings. The number of anilines is 1. The summed E-state index contributed by atoms with van der Waals surface area (Å²) >= 11 is 12.5. The summed E-state index contributed by atoms with van der Waals surface area (Å²) in [6.07, 6.45) is 3.73. The lowest BCUT2D eigenvalue weighted by Crippen LogP contribution is -2.43. The highest BCUT2D eigenvalue weighted by Crippen LogP contribution is 2.36. The second-order valence-corrected chi connectivity index (χ2v) is 11.3. The Balaban J connectivity index is 1.47. The van der Waals surface area contributed by atoms with E-state index >= 15 is 0 Å². The average molecular weight is 585 g/mol. The maximum atomic E-state index is 13.0. The van der Waals surface area contributed by atoms with Gasteiger partial charge in [-0.3, -0.25) is 14.6 Å². The molecule has 3 amide bonds. The van der Waals surface area contributed by atoms with Crippen molar-refractivity contribution >= 4 is 46.8 Å². The fourth-order valence-corrected chi connectivity index (χ4v) is 4.73. The molecule has 2 N–H and O–H groups in total. The van der Waals surface area contributed by atoms with Crippen LogP contribution in [0.1, 0.15) is 55.2 Å². The number of pyridine rings is 2. The minimum atomic E-state index is -0.668. The first kappa shape index (κ1) is 29.3. The number of carbonyl (C=O) groups is 3. The molecule has 3 heterocycles. The Bertz CT molecular complexity index is 1420. The molecule has 210 valence electrons. The molecule has 9 nitrogen and oxygen atoms in total. The standard InChI is InChI=1S/C29H31Cl2N5O4/c1-17-20(21-12-13-32-26(31)25(21)30)6-5-7-22(17)35-27(38)23-10-8-18(14-33-23)15-36(28(39)40-29(2,3)4)16-19-9-11-24(37)34-19/h5-8,10,12-14,19H,9,11,15-16H2,1-4H3,(H,34,37)(H,35,38)/t19-/m0/s1. The van der Waals surface area contributed by atoms with Crippen molar-refractivity contribution in [1.82, 2.24) is 20.2 Å². The Morgan fingerprint density at radius 2 is 1.90 bits per heavy atom. The molecule has 2 aromatic heterocycles. The molecule has 0 unspecified atom stereocenters. The predicted octanol–water partition coefficient (Wildman–Crippen LogP) is 6.03. The third kappa shape index (κ3) is 7.28. The monoisotopic (exact) mass is 583 g/mol. The Morgan fingerprint density at radius 1 is 1.12 bits per heavy atom. The van der Waals surface area contributed by atoms with Crippen molar-refractivity contribution in [3.63, 3.8) is 0 Å². The lowest BCUT2D eigenvalue weighted by atomic mass is 10.00. The SMILES string of the molecule is Cc1c(NC(=O)c2ccc(CN(C[C@@H]3CCC(=O)N3)C(=O)OC(C)(C)C)cn2)cccc1-c1ccnc(Cl)c1Cl. The fourth-order valence-electron chi connectivity index (χ4n) is 4.36. The summed E-state index contributed by atoms with van der Waals surface area (Å²) in [4.78, 5) is 47.5. The number of nitrogens with zero attached hydrogens (tertiary/aromatic N) is 3. The first-order valence-electron chi connectivity index (χ1n) is 12.8. The lowest BCUT2D eigenvalue weighted by molar-refractivity contribution is -0.119.